The highest BCUT2D eigenvalue weighted by atomic mass is 16.5. The van der Waals surface area contributed by atoms with Gasteiger partial charge in [-0.05, 0) is 17.8 Å². The van der Waals surface area contributed by atoms with Gasteiger partial charge in [0.05, 0.1) is 13.2 Å². The van der Waals surface area contributed by atoms with Gasteiger partial charge in [0.15, 0.2) is 0 Å². The third-order valence-electron chi connectivity index (χ3n) is 3.74. The van der Waals surface area contributed by atoms with Gasteiger partial charge in [-0.15, -0.1) is 0 Å². The molecule has 1 unspecified atom stereocenters. The lowest BCUT2D eigenvalue weighted by atomic mass is 9.84. The van der Waals surface area contributed by atoms with Gasteiger partial charge in [-0.2, -0.15) is 0 Å². The fourth-order valence-corrected chi connectivity index (χ4v) is 2.28. The molecule has 14 heavy (non-hydrogen) atoms. The van der Waals surface area contributed by atoms with Crippen molar-refractivity contribution in [3.8, 4) is 0 Å². The quantitative estimate of drug-likeness (QED) is 0.636. The minimum absolute atomic E-state index is 0.383. The summed E-state index contributed by atoms with van der Waals surface area (Å²) in [7, 11) is 0. The maximum atomic E-state index is 5.37. The lowest BCUT2D eigenvalue weighted by Gasteiger charge is -2.30. The maximum Gasteiger partial charge on any atom is 0.0642 e. The summed E-state index contributed by atoms with van der Waals surface area (Å²) < 4.78 is 5.37. The van der Waals surface area contributed by atoms with E-state index in [9.17, 15) is 0 Å². The zero-order valence-corrected chi connectivity index (χ0v) is 9.55. The molecule has 1 fully saturated rings. The van der Waals surface area contributed by atoms with Gasteiger partial charge in [0.1, 0.15) is 0 Å². The average Bonchev–Trinajstić information content (AvgIpc) is 2.43. The predicted molar refractivity (Wildman–Crippen MR) is 58.0 cm³/mol. The van der Waals surface area contributed by atoms with Crippen LogP contribution in [0.25, 0.3) is 0 Å². The van der Waals surface area contributed by atoms with Gasteiger partial charge in [0.25, 0.3) is 0 Å². The van der Waals surface area contributed by atoms with Gasteiger partial charge >= 0.3 is 0 Å². The van der Waals surface area contributed by atoms with E-state index in [-0.39, 0.29) is 0 Å². The van der Waals surface area contributed by atoms with Crippen LogP contribution in [0, 0.1) is 11.3 Å². The summed E-state index contributed by atoms with van der Waals surface area (Å²) in [4.78, 5) is 2.49. The summed E-state index contributed by atoms with van der Waals surface area (Å²) in [6.07, 6.45) is 3.70. The normalized spacial score (nSPS) is 31.8. The van der Waals surface area contributed by atoms with Crippen molar-refractivity contribution in [1.29, 1.82) is 0 Å². The van der Waals surface area contributed by atoms with Gasteiger partial charge in [0, 0.05) is 18.8 Å². The molecule has 1 heterocycles. The molecule has 2 rings (SSSR count). The molecule has 1 aliphatic heterocycles. The highest BCUT2D eigenvalue weighted by molar-refractivity contribution is 5.16. The van der Waals surface area contributed by atoms with Crippen LogP contribution in [0.2, 0.25) is 0 Å². The van der Waals surface area contributed by atoms with Crippen molar-refractivity contribution in [2.75, 3.05) is 26.3 Å². The smallest absolute Gasteiger partial charge is 0.0642 e. The lowest BCUT2D eigenvalue weighted by molar-refractivity contribution is 0.0521. The molecule has 2 nitrogen and oxygen atoms in total. The summed E-state index contributed by atoms with van der Waals surface area (Å²) in [6.45, 7) is 11.0. The van der Waals surface area contributed by atoms with Crippen molar-refractivity contribution in [2.45, 2.75) is 27.2 Å². The standard InChI is InChI=1S/C12H21NO/c1-10-8-11(9-12(10,2)3)13-4-6-14-7-5-13/h9-10H,4-8H2,1-3H3. The Kier molecular flexibility index (Phi) is 2.56. The number of rotatable bonds is 1. The van der Waals surface area contributed by atoms with Gasteiger partial charge in [-0.1, -0.05) is 26.8 Å². The van der Waals surface area contributed by atoms with Crippen molar-refractivity contribution in [3.63, 3.8) is 0 Å². The number of nitrogens with zero attached hydrogens (tertiary/aromatic N) is 1. The molecule has 2 heteroatoms. The second kappa shape index (κ2) is 3.58. The first-order valence-electron chi connectivity index (χ1n) is 5.64. The van der Waals surface area contributed by atoms with E-state index in [0.29, 0.717) is 5.41 Å². The van der Waals surface area contributed by atoms with Crippen LogP contribution in [0.3, 0.4) is 0 Å². The van der Waals surface area contributed by atoms with Crippen LogP contribution < -0.4 is 0 Å². The molecular formula is C12H21NO. The molecular weight excluding hydrogens is 174 g/mol. The average molecular weight is 195 g/mol. The third-order valence-corrected chi connectivity index (χ3v) is 3.74. The molecule has 1 aliphatic carbocycles. The summed E-state index contributed by atoms with van der Waals surface area (Å²) in [5, 5.41) is 0. The Morgan fingerprint density at radius 2 is 2.00 bits per heavy atom. The monoisotopic (exact) mass is 195 g/mol. The second-order valence-corrected chi connectivity index (χ2v) is 5.16. The first-order valence-corrected chi connectivity index (χ1v) is 5.64. The highest BCUT2D eigenvalue weighted by Crippen LogP contribution is 2.41. The summed E-state index contributed by atoms with van der Waals surface area (Å²) in [5.41, 5.74) is 1.93. The van der Waals surface area contributed by atoms with Gasteiger partial charge < -0.3 is 9.64 Å². The molecule has 0 N–H and O–H groups in total. The molecule has 1 saturated heterocycles. The zero-order valence-electron chi connectivity index (χ0n) is 9.55. The molecule has 0 aromatic rings. The molecule has 1 atom stereocenters. The summed E-state index contributed by atoms with van der Waals surface area (Å²) in [5.74, 6) is 0.778. The Morgan fingerprint density at radius 3 is 2.50 bits per heavy atom. The van der Waals surface area contributed by atoms with E-state index in [0.717, 1.165) is 32.2 Å². The van der Waals surface area contributed by atoms with Crippen LogP contribution in [0.1, 0.15) is 27.2 Å². The lowest BCUT2D eigenvalue weighted by Crippen LogP contribution is -2.35. The van der Waals surface area contributed by atoms with Gasteiger partial charge in [-0.25, -0.2) is 0 Å². The minimum Gasteiger partial charge on any atom is -0.378 e. The Labute approximate surface area is 86.9 Å². The van der Waals surface area contributed by atoms with E-state index in [1.165, 1.54) is 6.42 Å². The molecule has 0 spiro atoms. The van der Waals surface area contributed by atoms with Crippen LogP contribution >= 0.6 is 0 Å². The van der Waals surface area contributed by atoms with E-state index in [1.807, 2.05) is 0 Å². The largest absolute Gasteiger partial charge is 0.378 e. The van der Waals surface area contributed by atoms with E-state index < -0.39 is 0 Å². The van der Waals surface area contributed by atoms with Gasteiger partial charge in [-0.3, -0.25) is 0 Å². The van der Waals surface area contributed by atoms with Crippen molar-refractivity contribution < 1.29 is 4.74 Å². The van der Waals surface area contributed by atoms with E-state index in [1.54, 1.807) is 5.70 Å². The molecule has 80 valence electrons. The van der Waals surface area contributed by atoms with Crippen molar-refractivity contribution >= 4 is 0 Å². The number of morpholine rings is 1. The van der Waals surface area contributed by atoms with Crippen molar-refractivity contribution in [2.24, 2.45) is 11.3 Å². The molecule has 0 saturated carbocycles. The summed E-state index contributed by atoms with van der Waals surface area (Å²) >= 11 is 0. The number of hydrogen-bond donors (Lipinski definition) is 0. The number of allylic oxidation sites excluding steroid dienone is 2. The topological polar surface area (TPSA) is 12.5 Å². The van der Waals surface area contributed by atoms with Gasteiger partial charge in [0.2, 0.25) is 0 Å². The molecule has 0 bridgehead atoms. The van der Waals surface area contributed by atoms with Crippen molar-refractivity contribution in [1.82, 2.24) is 4.90 Å². The van der Waals surface area contributed by atoms with Crippen molar-refractivity contribution in [3.05, 3.63) is 11.8 Å². The molecule has 0 aromatic carbocycles. The van der Waals surface area contributed by atoms with Crippen LogP contribution in [-0.2, 0) is 4.74 Å². The van der Waals surface area contributed by atoms with Crippen LogP contribution in [-0.4, -0.2) is 31.2 Å². The number of hydrogen-bond acceptors (Lipinski definition) is 2. The molecule has 0 amide bonds. The zero-order chi connectivity index (χ0) is 10.2. The van der Waals surface area contributed by atoms with Crippen LogP contribution in [0.4, 0.5) is 0 Å². The Balaban J connectivity index is 2.05. The maximum absolute atomic E-state index is 5.37. The van der Waals surface area contributed by atoms with Crippen LogP contribution in [0.15, 0.2) is 11.8 Å². The second-order valence-electron chi connectivity index (χ2n) is 5.16. The van der Waals surface area contributed by atoms with E-state index in [4.69, 9.17) is 4.74 Å². The fourth-order valence-electron chi connectivity index (χ4n) is 2.28. The molecule has 0 aromatic heterocycles. The third kappa shape index (κ3) is 1.81. The predicted octanol–water partition coefficient (Wildman–Crippen LogP) is 2.27. The van der Waals surface area contributed by atoms with E-state index in [2.05, 4.69) is 31.7 Å². The fraction of sp³-hybridized carbons (Fsp3) is 0.833. The van der Waals surface area contributed by atoms with Crippen LogP contribution in [0.5, 0.6) is 0 Å². The Hall–Kier alpha value is -0.500. The highest BCUT2D eigenvalue weighted by Gasteiger charge is 2.33. The summed E-state index contributed by atoms with van der Waals surface area (Å²) in [6, 6.07) is 0. The molecule has 2 aliphatic rings. The van der Waals surface area contributed by atoms with E-state index >= 15 is 0 Å². The Bertz CT molecular complexity index is 239. The number of ether oxygens (including phenoxy) is 1. The SMILES string of the molecule is CC1CC(N2CCOCC2)=CC1(C)C. The molecule has 0 radical (unpaired) electrons. The first-order chi connectivity index (χ1) is 6.59. The Morgan fingerprint density at radius 1 is 1.36 bits per heavy atom. The first kappa shape index (κ1) is 10.0. The minimum atomic E-state index is 0.383.